The highest BCUT2D eigenvalue weighted by Crippen LogP contribution is 2.32. The molecule has 2 N–H and O–H groups in total. The third kappa shape index (κ3) is 1.43. The molecule has 0 aromatic carbocycles. The smallest absolute Gasteiger partial charge is 0.290 e. The van der Waals surface area contributed by atoms with E-state index in [0.29, 0.717) is 6.04 Å². The van der Waals surface area contributed by atoms with E-state index in [9.17, 15) is 4.79 Å². The molecule has 0 amide bonds. The van der Waals surface area contributed by atoms with Crippen molar-refractivity contribution in [3.63, 3.8) is 0 Å². The van der Waals surface area contributed by atoms with E-state index in [-0.39, 0.29) is 23.7 Å². The quantitative estimate of drug-likeness (QED) is 0.700. The van der Waals surface area contributed by atoms with E-state index in [1.807, 2.05) is 0 Å². The summed E-state index contributed by atoms with van der Waals surface area (Å²) in [4.78, 5) is 11.2. The standard InChI is InChI=1S/C7H9N3O.ClH/c8-6-3-4-9-10(7(6)11)5-1-2-5;/h3-5H,1-2,8H2;1H. The molecule has 0 spiro atoms. The molecule has 2 rings (SSSR count). The monoisotopic (exact) mass is 187 g/mol. The van der Waals surface area contributed by atoms with Gasteiger partial charge in [0, 0.05) is 6.20 Å². The van der Waals surface area contributed by atoms with Gasteiger partial charge in [0.2, 0.25) is 0 Å². The van der Waals surface area contributed by atoms with E-state index >= 15 is 0 Å². The minimum atomic E-state index is -0.157. The van der Waals surface area contributed by atoms with Crippen LogP contribution in [0.15, 0.2) is 17.1 Å². The van der Waals surface area contributed by atoms with Crippen molar-refractivity contribution in [1.82, 2.24) is 9.78 Å². The fraction of sp³-hybridized carbons (Fsp3) is 0.429. The van der Waals surface area contributed by atoms with Gasteiger partial charge >= 0.3 is 0 Å². The van der Waals surface area contributed by atoms with Crippen LogP contribution >= 0.6 is 12.4 Å². The summed E-state index contributed by atoms with van der Waals surface area (Å²) < 4.78 is 1.47. The lowest BCUT2D eigenvalue weighted by molar-refractivity contribution is 0.601. The number of nitrogen functional groups attached to an aromatic ring is 1. The van der Waals surface area contributed by atoms with Crippen LogP contribution in [0.3, 0.4) is 0 Å². The van der Waals surface area contributed by atoms with E-state index in [0.717, 1.165) is 12.8 Å². The molecule has 0 radical (unpaired) electrons. The van der Waals surface area contributed by atoms with Gasteiger partial charge in [-0.05, 0) is 18.9 Å². The highest BCUT2D eigenvalue weighted by atomic mass is 35.5. The predicted octanol–water partition coefficient (Wildman–Crippen LogP) is 0.582. The Balaban J connectivity index is 0.000000720. The zero-order valence-corrected chi connectivity index (χ0v) is 7.25. The van der Waals surface area contributed by atoms with Crippen molar-refractivity contribution in [3.05, 3.63) is 22.6 Å². The Bertz CT molecular complexity index is 332. The minimum Gasteiger partial charge on any atom is -0.394 e. The van der Waals surface area contributed by atoms with Crippen LogP contribution in [0.1, 0.15) is 18.9 Å². The molecule has 1 aliphatic rings. The summed E-state index contributed by atoms with van der Waals surface area (Å²) in [6.07, 6.45) is 3.67. The van der Waals surface area contributed by atoms with Gasteiger partial charge in [0.15, 0.2) is 0 Å². The molecule has 4 nitrogen and oxygen atoms in total. The number of anilines is 1. The van der Waals surface area contributed by atoms with Gasteiger partial charge in [0.25, 0.3) is 5.56 Å². The Morgan fingerprint density at radius 2 is 2.25 bits per heavy atom. The molecule has 12 heavy (non-hydrogen) atoms. The zero-order valence-electron chi connectivity index (χ0n) is 6.43. The molecule has 5 heteroatoms. The lowest BCUT2D eigenvalue weighted by atomic mass is 10.5. The second-order valence-corrected chi connectivity index (χ2v) is 2.77. The van der Waals surface area contributed by atoms with Gasteiger partial charge in [0.1, 0.15) is 5.69 Å². The highest BCUT2D eigenvalue weighted by molar-refractivity contribution is 5.85. The van der Waals surface area contributed by atoms with Crippen molar-refractivity contribution < 1.29 is 0 Å². The van der Waals surface area contributed by atoms with Gasteiger partial charge in [-0.1, -0.05) is 0 Å². The molecule has 0 unspecified atom stereocenters. The summed E-state index contributed by atoms with van der Waals surface area (Å²) in [6, 6.07) is 1.84. The molecular weight excluding hydrogens is 178 g/mol. The van der Waals surface area contributed by atoms with Crippen LogP contribution in [0.4, 0.5) is 5.69 Å². The molecule has 1 aromatic heterocycles. The van der Waals surface area contributed by atoms with Crippen molar-refractivity contribution >= 4 is 18.1 Å². The normalized spacial score (nSPS) is 15.3. The molecule has 0 atom stereocenters. The maximum absolute atomic E-state index is 11.2. The largest absolute Gasteiger partial charge is 0.394 e. The summed E-state index contributed by atoms with van der Waals surface area (Å²) in [5.41, 5.74) is 5.54. The van der Waals surface area contributed by atoms with Gasteiger partial charge in [-0.25, -0.2) is 4.68 Å². The first-order chi connectivity index (χ1) is 5.29. The minimum absolute atomic E-state index is 0. The predicted molar refractivity (Wildman–Crippen MR) is 48.4 cm³/mol. The van der Waals surface area contributed by atoms with Crippen LogP contribution in [0.2, 0.25) is 0 Å². The van der Waals surface area contributed by atoms with Crippen LogP contribution in [-0.4, -0.2) is 9.78 Å². The van der Waals surface area contributed by atoms with Crippen LogP contribution < -0.4 is 11.3 Å². The first-order valence-corrected chi connectivity index (χ1v) is 3.62. The third-order valence-electron chi connectivity index (χ3n) is 1.79. The summed E-state index contributed by atoms with van der Waals surface area (Å²) in [7, 11) is 0. The molecule has 1 aliphatic carbocycles. The summed E-state index contributed by atoms with van der Waals surface area (Å²) in [5.74, 6) is 0. The lowest BCUT2D eigenvalue weighted by Crippen LogP contribution is -2.23. The Morgan fingerprint density at radius 1 is 1.58 bits per heavy atom. The molecule has 0 bridgehead atoms. The molecule has 1 saturated carbocycles. The summed E-state index contributed by atoms with van der Waals surface area (Å²) in [5, 5.41) is 3.93. The van der Waals surface area contributed by atoms with Crippen LogP contribution in [0.25, 0.3) is 0 Å². The molecule has 0 saturated heterocycles. The molecule has 1 fully saturated rings. The van der Waals surface area contributed by atoms with Crippen molar-refractivity contribution in [2.24, 2.45) is 0 Å². The van der Waals surface area contributed by atoms with E-state index < -0.39 is 0 Å². The number of hydrogen-bond donors (Lipinski definition) is 1. The maximum Gasteiger partial charge on any atom is 0.290 e. The fourth-order valence-corrected chi connectivity index (χ4v) is 1.02. The van der Waals surface area contributed by atoms with Crippen LogP contribution in [0.5, 0.6) is 0 Å². The van der Waals surface area contributed by atoms with Gasteiger partial charge in [-0.15, -0.1) is 12.4 Å². The van der Waals surface area contributed by atoms with Crippen molar-refractivity contribution in [3.8, 4) is 0 Å². The maximum atomic E-state index is 11.2. The average molecular weight is 188 g/mol. The van der Waals surface area contributed by atoms with Crippen molar-refractivity contribution in [1.29, 1.82) is 0 Å². The number of nitrogens with zero attached hydrogens (tertiary/aromatic N) is 2. The molecular formula is C7H10ClN3O. The first-order valence-electron chi connectivity index (χ1n) is 3.62. The van der Waals surface area contributed by atoms with E-state index in [2.05, 4.69) is 5.10 Å². The number of hydrogen-bond acceptors (Lipinski definition) is 3. The van der Waals surface area contributed by atoms with E-state index in [4.69, 9.17) is 5.73 Å². The van der Waals surface area contributed by atoms with E-state index in [1.165, 1.54) is 10.7 Å². The number of aromatic nitrogens is 2. The number of rotatable bonds is 1. The van der Waals surface area contributed by atoms with E-state index in [1.54, 1.807) is 6.20 Å². The molecule has 1 aromatic rings. The second-order valence-electron chi connectivity index (χ2n) is 2.77. The summed E-state index contributed by atoms with van der Waals surface area (Å²) in [6.45, 7) is 0. The van der Waals surface area contributed by atoms with Crippen molar-refractivity contribution in [2.45, 2.75) is 18.9 Å². The Labute approximate surface area is 75.8 Å². The molecule has 1 heterocycles. The number of nitrogens with two attached hydrogens (primary N) is 1. The number of halogens is 1. The Morgan fingerprint density at radius 3 is 2.83 bits per heavy atom. The van der Waals surface area contributed by atoms with Gasteiger partial charge < -0.3 is 5.73 Å². The van der Waals surface area contributed by atoms with Gasteiger partial charge in [-0.3, -0.25) is 4.79 Å². The molecule has 66 valence electrons. The van der Waals surface area contributed by atoms with Crippen LogP contribution in [0, 0.1) is 0 Å². The zero-order chi connectivity index (χ0) is 7.84. The Kier molecular flexibility index (Phi) is 2.38. The SMILES string of the molecule is Cl.Nc1ccnn(C2CC2)c1=O. The van der Waals surface area contributed by atoms with Crippen LogP contribution in [-0.2, 0) is 0 Å². The fourth-order valence-electron chi connectivity index (χ4n) is 1.02. The van der Waals surface area contributed by atoms with Gasteiger partial charge in [-0.2, -0.15) is 5.10 Å². The highest BCUT2D eigenvalue weighted by Gasteiger charge is 2.25. The third-order valence-corrected chi connectivity index (χ3v) is 1.79. The van der Waals surface area contributed by atoms with Gasteiger partial charge in [0.05, 0.1) is 6.04 Å². The molecule has 0 aliphatic heterocycles. The second kappa shape index (κ2) is 3.15. The average Bonchev–Trinajstić information content (AvgIpc) is 2.77. The lowest BCUT2D eigenvalue weighted by Gasteiger charge is -2.00. The first kappa shape index (κ1) is 9.06. The van der Waals surface area contributed by atoms with Crippen molar-refractivity contribution in [2.75, 3.05) is 5.73 Å². The Hall–Kier alpha value is -1.03. The summed E-state index contributed by atoms with van der Waals surface area (Å²) >= 11 is 0. The topological polar surface area (TPSA) is 60.9 Å².